The summed E-state index contributed by atoms with van der Waals surface area (Å²) in [5.74, 6) is 1.72. The van der Waals surface area contributed by atoms with Crippen molar-refractivity contribution < 1.29 is 9.59 Å². The SMILES string of the molecule is O=C(CNC(=O)C12CC3CC(CC(C3)C1)C2)NNc1c(Cl)cc(Cl)cc1Cl. The second-order valence-electron chi connectivity index (χ2n) is 8.30. The van der Waals surface area contributed by atoms with Gasteiger partial charge in [-0.15, -0.1) is 0 Å². The normalized spacial score (nSPS) is 30.9. The minimum atomic E-state index is -0.366. The Hall–Kier alpha value is -1.17. The van der Waals surface area contributed by atoms with Gasteiger partial charge in [0.1, 0.15) is 0 Å². The zero-order valence-electron chi connectivity index (χ0n) is 14.8. The summed E-state index contributed by atoms with van der Waals surface area (Å²) >= 11 is 18.0. The molecule has 4 fully saturated rings. The number of carbonyl (C=O) groups is 2. The number of benzene rings is 1. The zero-order chi connectivity index (χ0) is 19.2. The lowest BCUT2D eigenvalue weighted by atomic mass is 9.49. The molecule has 0 aliphatic heterocycles. The first kappa shape index (κ1) is 19.2. The van der Waals surface area contributed by atoms with E-state index in [1.165, 1.54) is 31.4 Å². The fourth-order valence-electron chi connectivity index (χ4n) is 5.57. The van der Waals surface area contributed by atoms with Crippen LogP contribution in [0.1, 0.15) is 38.5 Å². The molecule has 0 spiro atoms. The van der Waals surface area contributed by atoms with Crippen LogP contribution in [-0.4, -0.2) is 18.4 Å². The summed E-state index contributed by atoms with van der Waals surface area (Å²) in [4.78, 5) is 25.0. The molecule has 4 bridgehead atoms. The van der Waals surface area contributed by atoms with Gasteiger partial charge in [-0.2, -0.15) is 0 Å². The van der Waals surface area contributed by atoms with Crippen LogP contribution in [0.5, 0.6) is 0 Å². The van der Waals surface area contributed by atoms with E-state index in [-0.39, 0.29) is 23.8 Å². The molecule has 4 aliphatic carbocycles. The summed E-state index contributed by atoms with van der Waals surface area (Å²) in [6.07, 6.45) is 6.75. The van der Waals surface area contributed by atoms with Crippen molar-refractivity contribution in [3.8, 4) is 0 Å². The molecule has 8 heteroatoms. The molecule has 0 atom stereocenters. The average Bonchev–Trinajstić information content (AvgIpc) is 2.57. The van der Waals surface area contributed by atoms with Crippen LogP contribution in [0, 0.1) is 23.2 Å². The van der Waals surface area contributed by atoms with E-state index in [4.69, 9.17) is 34.8 Å². The maximum Gasteiger partial charge on any atom is 0.257 e. The monoisotopic (exact) mass is 429 g/mol. The second-order valence-corrected chi connectivity index (χ2v) is 9.55. The largest absolute Gasteiger partial charge is 0.346 e. The number of halogens is 3. The number of hydrazine groups is 1. The van der Waals surface area contributed by atoms with Crippen LogP contribution in [0.3, 0.4) is 0 Å². The van der Waals surface area contributed by atoms with Gasteiger partial charge in [0.25, 0.3) is 5.91 Å². The van der Waals surface area contributed by atoms with Gasteiger partial charge < -0.3 is 5.32 Å². The van der Waals surface area contributed by atoms with Gasteiger partial charge in [0.15, 0.2) is 0 Å². The number of nitrogens with one attached hydrogen (secondary N) is 3. The molecule has 4 aliphatic rings. The molecule has 2 amide bonds. The Morgan fingerprint density at radius 3 is 2.00 bits per heavy atom. The summed E-state index contributed by atoms with van der Waals surface area (Å²) in [7, 11) is 0. The van der Waals surface area contributed by atoms with Crippen LogP contribution in [0.15, 0.2) is 12.1 Å². The van der Waals surface area contributed by atoms with Crippen LogP contribution in [0.4, 0.5) is 5.69 Å². The van der Waals surface area contributed by atoms with E-state index in [1.54, 1.807) is 0 Å². The number of carbonyl (C=O) groups excluding carboxylic acids is 2. The number of anilines is 1. The van der Waals surface area contributed by atoms with Gasteiger partial charge in [-0.1, -0.05) is 34.8 Å². The van der Waals surface area contributed by atoms with Crippen molar-refractivity contribution in [2.24, 2.45) is 23.2 Å². The highest BCUT2D eigenvalue weighted by atomic mass is 35.5. The fourth-order valence-corrected chi connectivity index (χ4v) is 6.49. The quantitative estimate of drug-likeness (QED) is 0.606. The van der Waals surface area contributed by atoms with Crippen molar-refractivity contribution in [3.05, 3.63) is 27.2 Å². The maximum atomic E-state index is 12.9. The van der Waals surface area contributed by atoms with Crippen molar-refractivity contribution >= 4 is 52.3 Å². The molecule has 0 saturated heterocycles. The Bertz CT molecular complexity index is 725. The Morgan fingerprint density at radius 1 is 0.963 bits per heavy atom. The van der Waals surface area contributed by atoms with Crippen molar-refractivity contribution in [1.82, 2.24) is 10.7 Å². The van der Waals surface area contributed by atoms with E-state index >= 15 is 0 Å². The van der Waals surface area contributed by atoms with Crippen LogP contribution in [0.2, 0.25) is 15.1 Å². The summed E-state index contributed by atoms with van der Waals surface area (Å²) in [5, 5.41) is 3.84. The van der Waals surface area contributed by atoms with E-state index < -0.39 is 0 Å². The first-order valence-corrected chi connectivity index (χ1v) is 10.5. The lowest BCUT2D eigenvalue weighted by Gasteiger charge is -2.55. The van der Waals surface area contributed by atoms with E-state index in [2.05, 4.69) is 16.2 Å². The average molecular weight is 431 g/mol. The third-order valence-corrected chi connectivity index (χ3v) is 7.08. The van der Waals surface area contributed by atoms with Gasteiger partial charge in [0.05, 0.1) is 22.3 Å². The van der Waals surface area contributed by atoms with Gasteiger partial charge >= 0.3 is 0 Å². The minimum Gasteiger partial charge on any atom is -0.346 e. The number of amides is 2. The number of hydrogen-bond donors (Lipinski definition) is 3. The summed E-state index contributed by atoms with van der Waals surface area (Å²) in [6, 6.07) is 3.05. The van der Waals surface area contributed by atoms with Crippen molar-refractivity contribution in [3.63, 3.8) is 0 Å². The Morgan fingerprint density at radius 2 is 1.48 bits per heavy atom. The Balaban J connectivity index is 1.30. The second kappa shape index (κ2) is 7.34. The smallest absolute Gasteiger partial charge is 0.257 e. The van der Waals surface area contributed by atoms with E-state index in [0.717, 1.165) is 19.3 Å². The molecule has 5 rings (SSSR count). The lowest BCUT2D eigenvalue weighted by molar-refractivity contribution is -0.147. The topological polar surface area (TPSA) is 70.2 Å². The molecular formula is C19H22Cl3N3O2. The number of hydrogen-bond acceptors (Lipinski definition) is 3. The molecule has 4 saturated carbocycles. The molecule has 0 unspecified atom stereocenters. The Kier molecular flexibility index (Phi) is 5.21. The van der Waals surface area contributed by atoms with Crippen LogP contribution in [0.25, 0.3) is 0 Å². The zero-order valence-corrected chi connectivity index (χ0v) is 17.1. The minimum absolute atomic E-state index is 0.0271. The highest BCUT2D eigenvalue weighted by Crippen LogP contribution is 2.60. The first-order valence-electron chi connectivity index (χ1n) is 9.32. The molecular weight excluding hydrogens is 409 g/mol. The highest BCUT2D eigenvalue weighted by molar-refractivity contribution is 6.41. The third kappa shape index (κ3) is 3.87. The van der Waals surface area contributed by atoms with Crippen molar-refractivity contribution in [2.75, 3.05) is 12.0 Å². The molecule has 5 nitrogen and oxygen atoms in total. The van der Waals surface area contributed by atoms with Gasteiger partial charge in [-0.05, 0) is 68.4 Å². The molecule has 1 aromatic rings. The van der Waals surface area contributed by atoms with Crippen molar-refractivity contribution in [1.29, 1.82) is 0 Å². The van der Waals surface area contributed by atoms with Crippen LogP contribution < -0.4 is 16.2 Å². The molecule has 1 aromatic carbocycles. The third-order valence-electron chi connectivity index (χ3n) is 6.26. The summed E-state index contributed by atoms with van der Waals surface area (Å²) in [6.45, 7) is -0.0869. The molecule has 0 heterocycles. The highest BCUT2D eigenvalue weighted by Gasteiger charge is 2.54. The van der Waals surface area contributed by atoms with E-state index in [1.807, 2.05) is 0 Å². The van der Waals surface area contributed by atoms with E-state index in [0.29, 0.717) is 38.5 Å². The predicted molar refractivity (Wildman–Crippen MR) is 107 cm³/mol. The van der Waals surface area contributed by atoms with Gasteiger partial charge in [0, 0.05) is 10.4 Å². The molecule has 0 aromatic heterocycles. The van der Waals surface area contributed by atoms with Crippen molar-refractivity contribution in [2.45, 2.75) is 38.5 Å². The number of rotatable bonds is 5. The molecule has 0 radical (unpaired) electrons. The Labute approximate surface area is 173 Å². The molecule has 27 heavy (non-hydrogen) atoms. The van der Waals surface area contributed by atoms with Crippen LogP contribution >= 0.6 is 34.8 Å². The fraction of sp³-hybridized carbons (Fsp3) is 0.579. The first-order chi connectivity index (χ1) is 12.8. The molecule has 3 N–H and O–H groups in total. The van der Waals surface area contributed by atoms with E-state index in [9.17, 15) is 9.59 Å². The van der Waals surface area contributed by atoms with Crippen LogP contribution in [-0.2, 0) is 9.59 Å². The predicted octanol–water partition coefficient (Wildman–Crippen LogP) is 4.42. The lowest BCUT2D eigenvalue weighted by Crippen LogP contribution is -2.54. The maximum absolute atomic E-state index is 12.9. The van der Waals surface area contributed by atoms with Gasteiger partial charge in [-0.3, -0.25) is 20.4 Å². The standard InChI is InChI=1S/C19H22Cl3N3O2/c20-13-4-14(21)17(15(22)5-13)25-24-16(26)9-23-18(27)19-6-10-1-11(7-19)3-12(2-10)8-19/h4-5,10-12,25H,1-3,6-9H2,(H,23,27)(H,24,26). The van der Waals surface area contributed by atoms with Gasteiger partial charge in [-0.25, -0.2) is 0 Å². The molecule has 146 valence electrons. The van der Waals surface area contributed by atoms with Gasteiger partial charge in [0.2, 0.25) is 5.91 Å². The summed E-state index contributed by atoms with van der Waals surface area (Å²) < 4.78 is 0. The summed E-state index contributed by atoms with van der Waals surface area (Å²) in [5.41, 5.74) is 5.31.